The highest BCUT2D eigenvalue weighted by Gasteiger charge is 2.67. The first-order valence-corrected chi connectivity index (χ1v) is 10.9. The zero-order valence-electron chi connectivity index (χ0n) is 17.9. The maximum absolute atomic E-state index is 13.7. The first-order chi connectivity index (χ1) is 14.0. The van der Waals surface area contributed by atoms with Crippen molar-refractivity contribution in [3.63, 3.8) is 0 Å². The molecular formula is C24H32O5. The minimum Gasteiger partial charge on any atom is -0.511 e. The van der Waals surface area contributed by atoms with Crippen LogP contribution < -0.4 is 0 Å². The molecule has 0 saturated carbocycles. The molecule has 5 nitrogen and oxygen atoms in total. The third-order valence-corrected chi connectivity index (χ3v) is 6.84. The van der Waals surface area contributed by atoms with Crippen LogP contribution in [0.5, 0.6) is 0 Å². The highest BCUT2D eigenvalue weighted by atomic mass is 16.7. The molecule has 4 atom stereocenters. The van der Waals surface area contributed by atoms with E-state index in [1.54, 1.807) is 0 Å². The summed E-state index contributed by atoms with van der Waals surface area (Å²) in [5.41, 5.74) is 4.28. The molecule has 2 heterocycles. The molecule has 1 aromatic carbocycles. The minimum absolute atomic E-state index is 0.0166. The molecule has 1 aliphatic carbocycles. The molecule has 1 N–H and O–H groups in total. The van der Waals surface area contributed by atoms with Crippen LogP contribution in [0.25, 0.3) is 5.57 Å². The summed E-state index contributed by atoms with van der Waals surface area (Å²) in [6.45, 7) is 9.31. The van der Waals surface area contributed by atoms with Crippen molar-refractivity contribution in [1.82, 2.24) is 0 Å². The van der Waals surface area contributed by atoms with E-state index in [4.69, 9.17) is 14.2 Å². The summed E-state index contributed by atoms with van der Waals surface area (Å²) in [6, 6.07) is 4.28. The highest BCUT2D eigenvalue weighted by Crippen LogP contribution is 2.59. The van der Waals surface area contributed by atoms with Crippen molar-refractivity contribution in [2.75, 3.05) is 20.0 Å². The number of rotatable bonds is 8. The second-order valence-corrected chi connectivity index (χ2v) is 8.51. The van der Waals surface area contributed by atoms with Gasteiger partial charge in [0.2, 0.25) is 0 Å². The molecule has 0 unspecified atom stereocenters. The number of ketones is 1. The maximum atomic E-state index is 13.7. The number of aliphatic hydroxyl groups excluding tert-OH is 1. The fourth-order valence-electron chi connectivity index (χ4n) is 5.64. The summed E-state index contributed by atoms with van der Waals surface area (Å²) < 4.78 is 17.3. The number of ether oxygens (including phenoxy) is 3. The van der Waals surface area contributed by atoms with Crippen molar-refractivity contribution in [3.8, 4) is 0 Å². The molecule has 0 radical (unpaired) electrons. The van der Waals surface area contributed by atoms with Crippen LogP contribution in [-0.2, 0) is 31.8 Å². The quantitative estimate of drug-likeness (QED) is 0.525. The standard InChI is InChI=1S/C24H32O5/c1-5-15-10-14(4)11-16(6-2)18(15)20-22(25)19-17-8-9-24(29-17,21(19)23(20)26)12-28-13-27-7-3/h10-11,17,19,21,25H,5-9,12-13H2,1-4H3/t17-,19-,21+,24-/m0/s1. The van der Waals surface area contributed by atoms with E-state index in [0.29, 0.717) is 18.8 Å². The van der Waals surface area contributed by atoms with Gasteiger partial charge in [0.25, 0.3) is 0 Å². The van der Waals surface area contributed by atoms with Gasteiger partial charge in [-0.25, -0.2) is 0 Å². The molecule has 2 aliphatic heterocycles. The van der Waals surface area contributed by atoms with Crippen molar-refractivity contribution in [2.45, 2.75) is 65.1 Å². The summed E-state index contributed by atoms with van der Waals surface area (Å²) in [6.07, 6.45) is 3.17. The Balaban J connectivity index is 1.72. The van der Waals surface area contributed by atoms with E-state index in [0.717, 1.165) is 42.4 Å². The Bertz CT molecular complexity index is 817. The lowest BCUT2D eigenvalue weighted by Crippen LogP contribution is -2.44. The Morgan fingerprint density at radius 2 is 1.86 bits per heavy atom. The van der Waals surface area contributed by atoms with E-state index in [2.05, 4.69) is 32.9 Å². The van der Waals surface area contributed by atoms with Crippen molar-refractivity contribution in [3.05, 3.63) is 40.1 Å². The predicted molar refractivity (Wildman–Crippen MR) is 111 cm³/mol. The number of allylic oxidation sites excluding steroid dienone is 1. The second-order valence-electron chi connectivity index (χ2n) is 8.51. The van der Waals surface area contributed by atoms with E-state index >= 15 is 0 Å². The number of aryl methyl sites for hydroxylation is 3. The molecule has 0 aromatic heterocycles. The molecule has 0 spiro atoms. The Kier molecular flexibility index (Phi) is 5.58. The lowest BCUT2D eigenvalue weighted by atomic mass is 9.72. The topological polar surface area (TPSA) is 65.0 Å². The highest BCUT2D eigenvalue weighted by molar-refractivity contribution is 6.26. The van der Waals surface area contributed by atoms with Gasteiger partial charge in [-0.1, -0.05) is 31.5 Å². The van der Waals surface area contributed by atoms with Gasteiger partial charge in [-0.3, -0.25) is 4.79 Å². The zero-order valence-corrected chi connectivity index (χ0v) is 17.9. The normalized spacial score (nSPS) is 30.5. The van der Waals surface area contributed by atoms with Gasteiger partial charge in [-0.05, 0) is 56.2 Å². The zero-order chi connectivity index (χ0) is 20.8. The van der Waals surface area contributed by atoms with Crippen LogP contribution in [0, 0.1) is 18.8 Å². The minimum atomic E-state index is -0.650. The summed E-state index contributed by atoms with van der Waals surface area (Å²) in [5.74, 6) is -0.376. The average Bonchev–Trinajstić information content (AvgIpc) is 3.35. The number of Topliss-reactive ketones (excluding diaryl/α,β-unsaturated/α-hetero) is 1. The van der Waals surface area contributed by atoms with E-state index in [1.807, 2.05) is 6.92 Å². The fourth-order valence-corrected chi connectivity index (χ4v) is 5.64. The van der Waals surface area contributed by atoms with Crippen molar-refractivity contribution < 1.29 is 24.1 Å². The number of carbonyl (C=O) groups excluding carboxylic acids is 1. The van der Waals surface area contributed by atoms with Gasteiger partial charge in [-0.2, -0.15) is 0 Å². The largest absolute Gasteiger partial charge is 0.511 e. The first-order valence-electron chi connectivity index (χ1n) is 10.9. The predicted octanol–water partition coefficient (Wildman–Crippen LogP) is 4.15. The van der Waals surface area contributed by atoms with Crippen LogP contribution in [-0.4, -0.2) is 42.6 Å². The molecule has 5 heteroatoms. The average molecular weight is 401 g/mol. The smallest absolute Gasteiger partial charge is 0.173 e. The summed E-state index contributed by atoms with van der Waals surface area (Å²) in [4.78, 5) is 13.7. The van der Waals surface area contributed by atoms with Crippen LogP contribution in [0.15, 0.2) is 17.9 Å². The number of carbonyl (C=O) groups is 1. The third-order valence-electron chi connectivity index (χ3n) is 6.84. The summed E-state index contributed by atoms with van der Waals surface area (Å²) in [5, 5.41) is 11.3. The molecule has 1 aromatic rings. The van der Waals surface area contributed by atoms with E-state index in [9.17, 15) is 9.90 Å². The number of hydrogen-bond donors (Lipinski definition) is 1. The Labute approximate surface area is 173 Å². The molecule has 3 aliphatic rings. The van der Waals surface area contributed by atoms with E-state index in [1.165, 1.54) is 5.56 Å². The number of aliphatic hydroxyl groups is 1. The molecule has 0 amide bonds. The number of fused-ring (bicyclic) bond motifs is 5. The van der Waals surface area contributed by atoms with Crippen LogP contribution >= 0.6 is 0 Å². The molecule has 4 rings (SSSR count). The molecule has 2 fully saturated rings. The summed E-state index contributed by atoms with van der Waals surface area (Å²) >= 11 is 0. The van der Waals surface area contributed by atoms with Gasteiger partial charge in [0.1, 0.15) is 18.2 Å². The van der Waals surface area contributed by atoms with Crippen LogP contribution in [0.1, 0.15) is 55.9 Å². The van der Waals surface area contributed by atoms with E-state index < -0.39 is 5.60 Å². The van der Waals surface area contributed by atoms with E-state index in [-0.39, 0.29) is 36.3 Å². The van der Waals surface area contributed by atoms with Gasteiger partial charge in [0.05, 0.1) is 30.1 Å². The van der Waals surface area contributed by atoms with Crippen molar-refractivity contribution >= 4 is 11.4 Å². The fraction of sp³-hybridized carbons (Fsp3) is 0.625. The monoisotopic (exact) mass is 400 g/mol. The third kappa shape index (κ3) is 3.15. The lowest BCUT2D eigenvalue weighted by Gasteiger charge is -2.31. The Morgan fingerprint density at radius 3 is 2.48 bits per heavy atom. The van der Waals surface area contributed by atoms with Gasteiger partial charge in [-0.15, -0.1) is 0 Å². The van der Waals surface area contributed by atoms with Crippen LogP contribution in [0.2, 0.25) is 0 Å². The van der Waals surface area contributed by atoms with Crippen molar-refractivity contribution in [1.29, 1.82) is 0 Å². The van der Waals surface area contributed by atoms with Gasteiger partial charge >= 0.3 is 0 Å². The second kappa shape index (κ2) is 7.86. The molecule has 2 saturated heterocycles. The number of hydrogen-bond acceptors (Lipinski definition) is 5. The molecule has 29 heavy (non-hydrogen) atoms. The van der Waals surface area contributed by atoms with Gasteiger partial charge in [0.15, 0.2) is 5.78 Å². The first kappa shape index (κ1) is 20.6. The SMILES string of the molecule is CCOCOC[C@]12CC[C@H](O1)[C@@H]1C(O)=C(c3c(CC)cc(C)cc3CC)C(=O)[C@@H]12. The number of benzene rings is 1. The van der Waals surface area contributed by atoms with Crippen LogP contribution in [0.4, 0.5) is 0 Å². The molecule has 2 bridgehead atoms. The van der Waals surface area contributed by atoms with Gasteiger partial charge in [0, 0.05) is 6.61 Å². The van der Waals surface area contributed by atoms with Crippen molar-refractivity contribution in [2.24, 2.45) is 11.8 Å². The maximum Gasteiger partial charge on any atom is 0.173 e. The molecule has 158 valence electrons. The van der Waals surface area contributed by atoms with Crippen LogP contribution in [0.3, 0.4) is 0 Å². The Hall–Kier alpha value is -1.69. The summed E-state index contributed by atoms with van der Waals surface area (Å²) in [7, 11) is 0. The Morgan fingerprint density at radius 1 is 1.17 bits per heavy atom. The molecular weight excluding hydrogens is 368 g/mol. The lowest BCUT2D eigenvalue weighted by molar-refractivity contribution is -0.137. The van der Waals surface area contributed by atoms with Gasteiger partial charge < -0.3 is 19.3 Å².